The molecular formula is C27H18Cl2F3NO2. The number of amides is 1. The average molecular weight is 516 g/mol. The first kappa shape index (κ1) is 24.8. The zero-order valence-electron chi connectivity index (χ0n) is 18.3. The Hall–Kier alpha value is -3.35. The number of fused-ring (bicyclic) bond motifs is 1. The monoisotopic (exact) mass is 515 g/mol. The molecule has 8 heteroatoms. The standard InChI is InChI=1S/C27H18Cl2F3NO2/c1-14(34)24(33-27(35)26-22(31)7-4-8-23(26)32)11-15-9-10-19(18-6-3-2-5-17(15)18)25-20(28)12-16(30)13-21(25)29/h2-10,12-13,24H,11H2,1H3,(H,33,35)/t24-/m0/s1. The number of carbonyl (C=O) groups excluding carboxylic acids is 2. The van der Waals surface area contributed by atoms with Crippen molar-refractivity contribution in [1.29, 1.82) is 0 Å². The molecule has 0 fully saturated rings. The van der Waals surface area contributed by atoms with Crippen LogP contribution in [0.25, 0.3) is 21.9 Å². The minimum atomic E-state index is -1.03. The van der Waals surface area contributed by atoms with Gasteiger partial charge >= 0.3 is 0 Å². The van der Waals surface area contributed by atoms with Crippen LogP contribution in [0.15, 0.2) is 66.7 Å². The first-order chi connectivity index (χ1) is 16.7. The lowest BCUT2D eigenvalue weighted by atomic mass is 9.91. The molecule has 0 heterocycles. The molecule has 1 amide bonds. The van der Waals surface area contributed by atoms with Crippen LogP contribution in [0.5, 0.6) is 0 Å². The molecule has 1 atom stereocenters. The lowest BCUT2D eigenvalue weighted by Gasteiger charge is -2.19. The Balaban J connectivity index is 1.73. The van der Waals surface area contributed by atoms with Gasteiger partial charge in [0.1, 0.15) is 23.0 Å². The zero-order valence-corrected chi connectivity index (χ0v) is 19.9. The Bertz CT molecular complexity index is 1430. The number of carbonyl (C=O) groups is 2. The summed E-state index contributed by atoms with van der Waals surface area (Å²) in [6, 6.07) is 15.2. The van der Waals surface area contributed by atoms with Gasteiger partial charge in [0.05, 0.1) is 16.1 Å². The molecule has 178 valence electrons. The van der Waals surface area contributed by atoms with Crippen LogP contribution in [0.4, 0.5) is 13.2 Å². The number of hydrogen-bond acceptors (Lipinski definition) is 2. The van der Waals surface area contributed by atoms with E-state index in [1.54, 1.807) is 18.2 Å². The molecule has 4 aromatic rings. The molecule has 0 spiro atoms. The van der Waals surface area contributed by atoms with Gasteiger partial charge in [-0.2, -0.15) is 0 Å². The fourth-order valence-electron chi connectivity index (χ4n) is 4.02. The highest BCUT2D eigenvalue weighted by atomic mass is 35.5. The largest absolute Gasteiger partial charge is 0.342 e. The second kappa shape index (κ2) is 10.1. The molecule has 0 aliphatic rings. The fraction of sp³-hybridized carbons (Fsp3) is 0.111. The third-order valence-electron chi connectivity index (χ3n) is 5.70. The van der Waals surface area contributed by atoms with E-state index in [9.17, 15) is 22.8 Å². The van der Waals surface area contributed by atoms with Crippen molar-refractivity contribution in [3.63, 3.8) is 0 Å². The van der Waals surface area contributed by atoms with E-state index < -0.39 is 35.0 Å². The molecule has 0 saturated carbocycles. The highest BCUT2D eigenvalue weighted by Crippen LogP contribution is 2.40. The third-order valence-corrected chi connectivity index (χ3v) is 6.30. The van der Waals surface area contributed by atoms with E-state index in [4.69, 9.17) is 23.2 Å². The summed E-state index contributed by atoms with van der Waals surface area (Å²) in [5.74, 6) is -4.00. The van der Waals surface area contributed by atoms with Crippen LogP contribution in [0, 0.1) is 17.5 Å². The van der Waals surface area contributed by atoms with E-state index in [0.29, 0.717) is 16.7 Å². The van der Waals surface area contributed by atoms with Crippen LogP contribution in [0.3, 0.4) is 0 Å². The molecule has 4 aromatic carbocycles. The van der Waals surface area contributed by atoms with Crippen LogP contribution in [0.2, 0.25) is 10.0 Å². The Morgan fingerprint density at radius 2 is 1.46 bits per heavy atom. The minimum absolute atomic E-state index is 0.0722. The molecule has 0 aromatic heterocycles. The van der Waals surface area contributed by atoms with Crippen molar-refractivity contribution in [3.05, 3.63) is 105 Å². The lowest BCUT2D eigenvalue weighted by molar-refractivity contribution is -0.118. The molecule has 0 unspecified atom stereocenters. The highest BCUT2D eigenvalue weighted by molar-refractivity contribution is 6.39. The molecule has 0 aliphatic carbocycles. The second-order valence-electron chi connectivity index (χ2n) is 8.00. The quantitative estimate of drug-likeness (QED) is 0.296. The van der Waals surface area contributed by atoms with Crippen molar-refractivity contribution in [2.75, 3.05) is 0 Å². The van der Waals surface area contributed by atoms with E-state index in [-0.39, 0.29) is 22.2 Å². The van der Waals surface area contributed by atoms with Crippen LogP contribution in [-0.2, 0) is 11.2 Å². The van der Waals surface area contributed by atoms with Crippen molar-refractivity contribution in [2.45, 2.75) is 19.4 Å². The maximum Gasteiger partial charge on any atom is 0.257 e. The van der Waals surface area contributed by atoms with E-state index in [2.05, 4.69) is 5.32 Å². The van der Waals surface area contributed by atoms with Crippen molar-refractivity contribution in [3.8, 4) is 11.1 Å². The molecule has 35 heavy (non-hydrogen) atoms. The molecule has 0 radical (unpaired) electrons. The Labute approximate surface area is 209 Å². The van der Waals surface area contributed by atoms with Gasteiger partial charge in [0.25, 0.3) is 5.91 Å². The van der Waals surface area contributed by atoms with Gasteiger partial charge < -0.3 is 5.32 Å². The van der Waals surface area contributed by atoms with Gasteiger partial charge in [-0.25, -0.2) is 13.2 Å². The number of halogens is 5. The van der Waals surface area contributed by atoms with Gasteiger partial charge in [-0.05, 0) is 53.1 Å². The summed E-state index contributed by atoms with van der Waals surface area (Å²) in [6.07, 6.45) is 0.0722. The number of hydrogen-bond donors (Lipinski definition) is 1. The predicted octanol–water partition coefficient (Wildman–Crippen LogP) is 7.16. The number of nitrogens with one attached hydrogen (secondary N) is 1. The Kier molecular flexibility index (Phi) is 7.15. The van der Waals surface area contributed by atoms with Crippen LogP contribution in [0.1, 0.15) is 22.8 Å². The fourth-order valence-corrected chi connectivity index (χ4v) is 4.68. The van der Waals surface area contributed by atoms with E-state index >= 15 is 0 Å². The number of rotatable bonds is 6. The van der Waals surface area contributed by atoms with Crippen molar-refractivity contribution >= 4 is 45.7 Å². The number of benzene rings is 4. The average Bonchev–Trinajstić information content (AvgIpc) is 2.79. The highest BCUT2D eigenvalue weighted by Gasteiger charge is 2.24. The first-order valence-electron chi connectivity index (χ1n) is 10.6. The van der Waals surface area contributed by atoms with E-state index in [1.165, 1.54) is 19.1 Å². The van der Waals surface area contributed by atoms with E-state index in [1.807, 2.05) is 18.2 Å². The summed E-state index contributed by atoms with van der Waals surface area (Å²) in [6.45, 7) is 1.29. The van der Waals surface area contributed by atoms with Crippen molar-refractivity contribution < 1.29 is 22.8 Å². The molecule has 0 bridgehead atoms. The molecule has 0 aliphatic heterocycles. The van der Waals surface area contributed by atoms with Gasteiger partial charge in [0, 0.05) is 12.0 Å². The van der Waals surface area contributed by atoms with Crippen molar-refractivity contribution in [1.82, 2.24) is 5.32 Å². The zero-order chi connectivity index (χ0) is 25.3. The van der Waals surface area contributed by atoms with Gasteiger partial charge in [0.15, 0.2) is 5.78 Å². The lowest BCUT2D eigenvalue weighted by Crippen LogP contribution is -2.42. The summed E-state index contributed by atoms with van der Waals surface area (Å²) >= 11 is 12.6. The van der Waals surface area contributed by atoms with E-state index in [0.717, 1.165) is 29.0 Å². The van der Waals surface area contributed by atoms with Crippen molar-refractivity contribution in [2.24, 2.45) is 0 Å². The second-order valence-corrected chi connectivity index (χ2v) is 8.81. The molecule has 3 nitrogen and oxygen atoms in total. The SMILES string of the molecule is CC(=O)[C@H](Cc1ccc(-c2c(Cl)cc(F)cc2Cl)c2ccccc12)NC(=O)c1c(F)cccc1F. The third kappa shape index (κ3) is 5.04. The van der Waals surface area contributed by atoms with Gasteiger partial charge in [-0.3, -0.25) is 9.59 Å². The molecule has 4 rings (SSSR count). The predicted molar refractivity (Wildman–Crippen MR) is 131 cm³/mol. The van der Waals surface area contributed by atoms with Crippen LogP contribution < -0.4 is 5.32 Å². The first-order valence-corrected chi connectivity index (χ1v) is 11.3. The molecular weight excluding hydrogens is 498 g/mol. The summed E-state index contributed by atoms with van der Waals surface area (Å²) in [5.41, 5.74) is 1.08. The maximum absolute atomic E-state index is 14.1. The number of ketones is 1. The van der Waals surface area contributed by atoms with Gasteiger partial charge in [0.2, 0.25) is 0 Å². The number of Topliss-reactive ketones (excluding diaryl/α,β-unsaturated/α-hetero) is 1. The summed E-state index contributed by atoms with van der Waals surface area (Å²) in [5, 5.41) is 4.23. The summed E-state index contributed by atoms with van der Waals surface area (Å²) in [4.78, 5) is 25.0. The molecule has 0 saturated heterocycles. The van der Waals surface area contributed by atoms with Crippen LogP contribution in [-0.4, -0.2) is 17.7 Å². The summed E-state index contributed by atoms with van der Waals surface area (Å²) in [7, 11) is 0. The van der Waals surface area contributed by atoms with Crippen LogP contribution >= 0.6 is 23.2 Å². The van der Waals surface area contributed by atoms with Gasteiger partial charge in [-0.1, -0.05) is 65.7 Å². The minimum Gasteiger partial charge on any atom is -0.342 e. The summed E-state index contributed by atoms with van der Waals surface area (Å²) < 4.78 is 41.8. The molecule has 1 N–H and O–H groups in total. The van der Waals surface area contributed by atoms with Gasteiger partial charge in [-0.15, -0.1) is 0 Å². The Morgan fingerprint density at radius 3 is 2.06 bits per heavy atom. The Morgan fingerprint density at radius 1 is 0.857 bits per heavy atom. The topological polar surface area (TPSA) is 46.2 Å². The maximum atomic E-state index is 14.1. The smallest absolute Gasteiger partial charge is 0.257 e. The normalized spacial score (nSPS) is 11.9.